The SMILES string of the molecule is CCCNCc1ccc(SCC(O)CC)cc1. The number of aliphatic hydroxyl groups is 1. The summed E-state index contributed by atoms with van der Waals surface area (Å²) in [6, 6.07) is 8.58. The van der Waals surface area contributed by atoms with Crippen molar-refractivity contribution in [3.8, 4) is 0 Å². The first-order valence-electron chi connectivity index (χ1n) is 6.36. The van der Waals surface area contributed by atoms with E-state index in [9.17, 15) is 5.11 Å². The van der Waals surface area contributed by atoms with Gasteiger partial charge in [0.05, 0.1) is 6.10 Å². The zero-order chi connectivity index (χ0) is 12.5. The van der Waals surface area contributed by atoms with Gasteiger partial charge in [-0.1, -0.05) is 26.0 Å². The standard InChI is InChI=1S/C14H23NOS/c1-3-9-15-10-12-5-7-14(8-6-12)17-11-13(16)4-2/h5-8,13,15-16H,3-4,9-11H2,1-2H3. The van der Waals surface area contributed by atoms with E-state index < -0.39 is 0 Å². The predicted octanol–water partition coefficient (Wildman–Crippen LogP) is 3.05. The van der Waals surface area contributed by atoms with Crippen LogP contribution in [0.1, 0.15) is 32.3 Å². The van der Waals surface area contributed by atoms with Crippen LogP contribution in [0, 0.1) is 0 Å². The van der Waals surface area contributed by atoms with Crippen molar-refractivity contribution in [2.75, 3.05) is 12.3 Å². The lowest BCUT2D eigenvalue weighted by molar-refractivity contribution is 0.195. The van der Waals surface area contributed by atoms with Crippen LogP contribution in [0.2, 0.25) is 0 Å². The number of hydrogen-bond acceptors (Lipinski definition) is 3. The fourth-order valence-electron chi connectivity index (χ4n) is 1.42. The first-order chi connectivity index (χ1) is 8.26. The second kappa shape index (κ2) is 8.56. The maximum absolute atomic E-state index is 9.49. The summed E-state index contributed by atoms with van der Waals surface area (Å²) in [6.07, 6.45) is 1.81. The lowest BCUT2D eigenvalue weighted by Gasteiger charge is -2.08. The van der Waals surface area contributed by atoms with Crippen LogP contribution in [-0.4, -0.2) is 23.5 Å². The summed E-state index contributed by atoms with van der Waals surface area (Å²) in [5.74, 6) is 0.782. The van der Waals surface area contributed by atoms with Crippen LogP contribution in [0.4, 0.5) is 0 Å². The van der Waals surface area contributed by atoms with Crippen molar-refractivity contribution in [3.63, 3.8) is 0 Å². The van der Waals surface area contributed by atoms with Crippen molar-refractivity contribution in [1.29, 1.82) is 0 Å². The normalized spacial score (nSPS) is 12.6. The third kappa shape index (κ3) is 6.10. The van der Waals surface area contributed by atoms with Crippen molar-refractivity contribution < 1.29 is 5.11 Å². The van der Waals surface area contributed by atoms with Gasteiger partial charge >= 0.3 is 0 Å². The summed E-state index contributed by atoms with van der Waals surface area (Å²) in [5.41, 5.74) is 1.32. The summed E-state index contributed by atoms with van der Waals surface area (Å²) in [6.45, 7) is 6.19. The molecule has 0 aliphatic rings. The number of rotatable bonds is 8. The highest BCUT2D eigenvalue weighted by Gasteiger charge is 2.02. The first-order valence-corrected chi connectivity index (χ1v) is 7.35. The molecule has 0 saturated carbocycles. The van der Waals surface area contributed by atoms with Crippen molar-refractivity contribution in [3.05, 3.63) is 29.8 Å². The van der Waals surface area contributed by atoms with Crippen molar-refractivity contribution in [2.45, 2.75) is 44.2 Å². The maximum Gasteiger partial charge on any atom is 0.0631 e. The van der Waals surface area contributed by atoms with E-state index in [2.05, 4.69) is 36.5 Å². The van der Waals surface area contributed by atoms with Gasteiger partial charge in [-0.3, -0.25) is 0 Å². The van der Waals surface area contributed by atoms with Crippen LogP contribution in [-0.2, 0) is 6.54 Å². The number of hydrogen-bond donors (Lipinski definition) is 2. The molecule has 1 aromatic rings. The summed E-state index contributed by atoms with van der Waals surface area (Å²) < 4.78 is 0. The molecule has 2 nitrogen and oxygen atoms in total. The van der Waals surface area contributed by atoms with Gasteiger partial charge in [0, 0.05) is 17.2 Å². The molecule has 17 heavy (non-hydrogen) atoms. The molecule has 2 N–H and O–H groups in total. The highest BCUT2D eigenvalue weighted by atomic mass is 32.2. The van der Waals surface area contributed by atoms with Gasteiger partial charge in [0.15, 0.2) is 0 Å². The van der Waals surface area contributed by atoms with Gasteiger partial charge < -0.3 is 10.4 Å². The van der Waals surface area contributed by atoms with Crippen molar-refractivity contribution in [2.24, 2.45) is 0 Å². The molecule has 0 amide bonds. The second-order valence-corrected chi connectivity index (χ2v) is 5.29. The number of thioether (sulfide) groups is 1. The largest absolute Gasteiger partial charge is 0.392 e. The van der Waals surface area contributed by atoms with Crippen LogP contribution < -0.4 is 5.32 Å². The van der Waals surface area contributed by atoms with E-state index in [1.807, 2.05) is 6.92 Å². The Bertz CT molecular complexity index is 300. The molecule has 96 valence electrons. The molecule has 0 aromatic heterocycles. The molecular weight excluding hydrogens is 230 g/mol. The minimum absolute atomic E-state index is 0.189. The molecule has 0 aliphatic carbocycles. The quantitative estimate of drug-likeness (QED) is 0.552. The molecule has 0 bridgehead atoms. The molecular formula is C14H23NOS. The third-order valence-electron chi connectivity index (χ3n) is 2.59. The molecule has 0 heterocycles. The van der Waals surface area contributed by atoms with E-state index in [0.717, 1.165) is 25.3 Å². The highest BCUT2D eigenvalue weighted by Crippen LogP contribution is 2.19. The number of nitrogens with one attached hydrogen (secondary N) is 1. The summed E-state index contributed by atoms with van der Waals surface area (Å²) >= 11 is 1.72. The molecule has 1 atom stereocenters. The zero-order valence-corrected chi connectivity index (χ0v) is 11.6. The van der Waals surface area contributed by atoms with Crippen LogP contribution in [0.5, 0.6) is 0 Å². The van der Waals surface area contributed by atoms with Gasteiger partial charge in [0.25, 0.3) is 0 Å². The van der Waals surface area contributed by atoms with Gasteiger partial charge in [-0.15, -0.1) is 11.8 Å². The highest BCUT2D eigenvalue weighted by molar-refractivity contribution is 7.99. The Hall–Kier alpha value is -0.510. The van der Waals surface area contributed by atoms with Crippen LogP contribution >= 0.6 is 11.8 Å². The Morgan fingerprint density at radius 3 is 2.53 bits per heavy atom. The first kappa shape index (κ1) is 14.6. The smallest absolute Gasteiger partial charge is 0.0631 e. The average Bonchev–Trinajstić information content (AvgIpc) is 2.37. The lowest BCUT2D eigenvalue weighted by atomic mass is 10.2. The predicted molar refractivity (Wildman–Crippen MR) is 75.5 cm³/mol. The van der Waals surface area contributed by atoms with E-state index in [0.29, 0.717) is 0 Å². The van der Waals surface area contributed by atoms with E-state index in [-0.39, 0.29) is 6.10 Å². The molecule has 0 fully saturated rings. The van der Waals surface area contributed by atoms with E-state index in [4.69, 9.17) is 0 Å². The Labute approximate surface area is 109 Å². The number of aliphatic hydroxyl groups excluding tert-OH is 1. The molecule has 0 aliphatic heterocycles. The minimum atomic E-state index is -0.189. The van der Waals surface area contributed by atoms with Gasteiger partial charge in [-0.2, -0.15) is 0 Å². The van der Waals surface area contributed by atoms with Gasteiger partial charge in [-0.25, -0.2) is 0 Å². The Balaban J connectivity index is 2.34. The monoisotopic (exact) mass is 253 g/mol. The zero-order valence-electron chi connectivity index (χ0n) is 10.8. The van der Waals surface area contributed by atoms with Gasteiger partial charge in [0.1, 0.15) is 0 Å². The Morgan fingerprint density at radius 2 is 1.94 bits per heavy atom. The fourth-order valence-corrected chi connectivity index (χ4v) is 2.37. The second-order valence-electron chi connectivity index (χ2n) is 4.19. The molecule has 0 spiro atoms. The van der Waals surface area contributed by atoms with Crippen LogP contribution in [0.15, 0.2) is 29.2 Å². The van der Waals surface area contributed by atoms with E-state index in [1.54, 1.807) is 11.8 Å². The Morgan fingerprint density at radius 1 is 1.24 bits per heavy atom. The lowest BCUT2D eigenvalue weighted by Crippen LogP contribution is -2.13. The van der Waals surface area contributed by atoms with Gasteiger partial charge in [-0.05, 0) is 37.1 Å². The van der Waals surface area contributed by atoms with Crippen molar-refractivity contribution >= 4 is 11.8 Å². The minimum Gasteiger partial charge on any atom is -0.392 e. The average molecular weight is 253 g/mol. The molecule has 3 heteroatoms. The van der Waals surface area contributed by atoms with E-state index in [1.165, 1.54) is 16.9 Å². The Kier molecular flexibility index (Phi) is 7.33. The van der Waals surface area contributed by atoms with Gasteiger partial charge in [0.2, 0.25) is 0 Å². The topological polar surface area (TPSA) is 32.3 Å². The maximum atomic E-state index is 9.49. The summed E-state index contributed by atoms with van der Waals surface area (Å²) in [5, 5.41) is 12.9. The van der Waals surface area contributed by atoms with Crippen LogP contribution in [0.25, 0.3) is 0 Å². The van der Waals surface area contributed by atoms with E-state index >= 15 is 0 Å². The van der Waals surface area contributed by atoms with Crippen molar-refractivity contribution in [1.82, 2.24) is 5.32 Å². The third-order valence-corrected chi connectivity index (χ3v) is 3.75. The molecule has 1 rings (SSSR count). The summed E-state index contributed by atoms with van der Waals surface area (Å²) in [4.78, 5) is 1.23. The number of benzene rings is 1. The fraction of sp³-hybridized carbons (Fsp3) is 0.571. The molecule has 0 saturated heterocycles. The molecule has 1 aromatic carbocycles. The summed E-state index contributed by atoms with van der Waals surface area (Å²) in [7, 11) is 0. The molecule has 0 radical (unpaired) electrons. The van der Waals surface area contributed by atoms with Crippen LogP contribution in [0.3, 0.4) is 0 Å². The molecule has 1 unspecified atom stereocenters.